The Labute approximate surface area is 74.6 Å². The summed E-state index contributed by atoms with van der Waals surface area (Å²) in [4.78, 5) is 0. The molecule has 0 aromatic carbocycles. The summed E-state index contributed by atoms with van der Waals surface area (Å²) in [5.41, 5.74) is -4.17. The summed E-state index contributed by atoms with van der Waals surface area (Å²) in [5, 5.41) is 7.99. The number of alkyl halides is 6. The molecule has 78 valence electrons. The average Bonchev–Trinajstić information content (AvgIpc) is 2.10. The first-order valence-electron chi connectivity index (χ1n) is 3.38. The number of nitriles is 1. The quantitative estimate of drug-likeness (QED) is 0.449. The van der Waals surface area contributed by atoms with Crippen LogP contribution in [0, 0.1) is 11.3 Å². The largest absolute Gasteiger partial charge is 0.363 e. The molecular weight excluding hydrogens is 212 g/mol. The van der Waals surface area contributed by atoms with Crippen LogP contribution in [0.5, 0.6) is 0 Å². The summed E-state index contributed by atoms with van der Waals surface area (Å²) in [7, 11) is 0. The van der Waals surface area contributed by atoms with Gasteiger partial charge in [-0.05, 0) is 12.2 Å². The standard InChI is InChI=1S/C7H3F6N/c8-4-1-2-5(9,3-14)7(12,13)6(4,10)11/h1-2,4H. The highest BCUT2D eigenvalue weighted by Crippen LogP contribution is 2.50. The van der Waals surface area contributed by atoms with E-state index in [1.54, 1.807) is 0 Å². The van der Waals surface area contributed by atoms with E-state index in [1.165, 1.54) is 0 Å². The molecule has 0 radical (unpaired) electrons. The van der Waals surface area contributed by atoms with Crippen molar-refractivity contribution < 1.29 is 26.3 Å². The van der Waals surface area contributed by atoms with Crippen LogP contribution in [0.1, 0.15) is 0 Å². The summed E-state index contributed by atoms with van der Waals surface area (Å²) in [5.74, 6) is -10.6. The summed E-state index contributed by atoms with van der Waals surface area (Å²) < 4.78 is 75.5. The SMILES string of the molecule is N#CC1(F)C=CC(F)C(F)(F)C1(F)F. The lowest BCUT2D eigenvalue weighted by Gasteiger charge is -2.36. The lowest BCUT2D eigenvalue weighted by atomic mass is 9.86. The first-order chi connectivity index (χ1) is 6.19. The molecule has 2 atom stereocenters. The van der Waals surface area contributed by atoms with Crippen LogP contribution in [0.25, 0.3) is 0 Å². The lowest BCUT2D eigenvalue weighted by molar-refractivity contribution is -0.269. The average molecular weight is 215 g/mol. The molecule has 1 rings (SSSR count). The molecule has 0 fully saturated rings. The maximum absolute atomic E-state index is 12.9. The van der Waals surface area contributed by atoms with Crippen molar-refractivity contribution in [2.75, 3.05) is 0 Å². The molecule has 0 bridgehead atoms. The van der Waals surface area contributed by atoms with Crippen LogP contribution in [0.15, 0.2) is 12.2 Å². The fourth-order valence-electron chi connectivity index (χ4n) is 0.966. The minimum atomic E-state index is -5.37. The van der Waals surface area contributed by atoms with Gasteiger partial charge < -0.3 is 0 Å². The zero-order valence-corrected chi connectivity index (χ0v) is 6.45. The van der Waals surface area contributed by atoms with Crippen molar-refractivity contribution in [3.05, 3.63) is 12.2 Å². The van der Waals surface area contributed by atoms with Crippen LogP contribution in [0.3, 0.4) is 0 Å². The van der Waals surface area contributed by atoms with Gasteiger partial charge in [0, 0.05) is 0 Å². The van der Waals surface area contributed by atoms with Crippen molar-refractivity contribution in [2.24, 2.45) is 0 Å². The minimum Gasteiger partial charge on any atom is -0.236 e. The molecule has 0 aromatic heterocycles. The van der Waals surface area contributed by atoms with Gasteiger partial charge in [-0.25, -0.2) is 8.78 Å². The van der Waals surface area contributed by atoms with Gasteiger partial charge in [-0.15, -0.1) is 0 Å². The Hall–Kier alpha value is -1.19. The highest BCUT2D eigenvalue weighted by atomic mass is 19.3. The molecule has 0 amide bonds. The van der Waals surface area contributed by atoms with Crippen molar-refractivity contribution in [1.29, 1.82) is 5.26 Å². The molecule has 7 heteroatoms. The Morgan fingerprint density at radius 3 is 2.07 bits per heavy atom. The molecular formula is C7H3F6N. The van der Waals surface area contributed by atoms with E-state index in [0.717, 1.165) is 0 Å². The van der Waals surface area contributed by atoms with E-state index < -0.39 is 23.7 Å². The van der Waals surface area contributed by atoms with Crippen LogP contribution in [-0.4, -0.2) is 23.7 Å². The first-order valence-corrected chi connectivity index (χ1v) is 3.38. The van der Waals surface area contributed by atoms with Gasteiger partial charge in [0.25, 0.3) is 5.67 Å². The third-order valence-corrected chi connectivity index (χ3v) is 1.88. The molecule has 0 aromatic rings. The molecule has 14 heavy (non-hydrogen) atoms. The van der Waals surface area contributed by atoms with Crippen molar-refractivity contribution in [3.8, 4) is 6.07 Å². The molecule has 0 heterocycles. The highest BCUT2D eigenvalue weighted by molar-refractivity contribution is 5.31. The second-order valence-corrected chi connectivity index (χ2v) is 2.78. The van der Waals surface area contributed by atoms with E-state index in [9.17, 15) is 26.3 Å². The van der Waals surface area contributed by atoms with Gasteiger partial charge in [0.1, 0.15) is 6.07 Å². The van der Waals surface area contributed by atoms with Crippen molar-refractivity contribution in [1.82, 2.24) is 0 Å². The molecule has 0 N–H and O–H groups in total. The second-order valence-electron chi connectivity index (χ2n) is 2.78. The fourth-order valence-corrected chi connectivity index (χ4v) is 0.966. The Morgan fingerprint density at radius 2 is 1.64 bits per heavy atom. The van der Waals surface area contributed by atoms with E-state index in [2.05, 4.69) is 0 Å². The van der Waals surface area contributed by atoms with E-state index in [1.807, 2.05) is 0 Å². The fraction of sp³-hybridized carbons (Fsp3) is 0.571. The van der Waals surface area contributed by atoms with E-state index in [-0.39, 0.29) is 12.2 Å². The van der Waals surface area contributed by atoms with Gasteiger partial charge >= 0.3 is 11.8 Å². The van der Waals surface area contributed by atoms with Crippen LogP contribution < -0.4 is 0 Å². The number of allylic oxidation sites excluding steroid dienone is 2. The molecule has 0 aliphatic heterocycles. The molecule has 1 nitrogen and oxygen atoms in total. The normalized spacial score (nSPS) is 39.1. The van der Waals surface area contributed by atoms with Gasteiger partial charge in [-0.1, -0.05) is 0 Å². The highest BCUT2D eigenvalue weighted by Gasteiger charge is 2.74. The van der Waals surface area contributed by atoms with Gasteiger partial charge in [-0.2, -0.15) is 22.8 Å². The zero-order chi connectivity index (χ0) is 11.2. The van der Waals surface area contributed by atoms with Crippen molar-refractivity contribution >= 4 is 0 Å². The predicted molar refractivity (Wildman–Crippen MR) is 33.4 cm³/mol. The number of halogens is 6. The van der Waals surface area contributed by atoms with Crippen molar-refractivity contribution in [3.63, 3.8) is 0 Å². The second kappa shape index (κ2) is 2.65. The molecule has 1 aliphatic rings. The Balaban J connectivity index is 3.33. The Bertz CT molecular complexity index is 317. The van der Waals surface area contributed by atoms with Gasteiger partial charge in [0.15, 0.2) is 6.17 Å². The van der Waals surface area contributed by atoms with Gasteiger partial charge in [-0.3, -0.25) is 0 Å². The van der Waals surface area contributed by atoms with Crippen LogP contribution in [0.2, 0.25) is 0 Å². The van der Waals surface area contributed by atoms with E-state index >= 15 is 0 Å². The number of hydrogen-bond acceptors (Lipinski definition) is 1. The maximum Gasteiger partial charge on any atom is 0.363 e. The monoisotopic (exact) mass is 215 g/mol. The lowest BCUT2D eigenvalue weighted by Crippen LogP contribution is -2.61. The van der Waals surface area contributed by atoms with Gasteiger partial charge in [0.05, 0.1) is 0 Å². The van der Waals surface area contributed by atoms with Crippen LogP contribution in [-0.2, 0) is 0 Å². The maximum atomic E-state index is 12.9. The molecule has 0 saturated carbocycles. The van der Waals surface area contributed by atoms with E-state index in [4.69, 9.17) is 5.26 Å². The Morgan fingerprint density at radius 1 is 1.14 bits per heavy atom. The predicted octanol–water partition coefficient (Wildman–Crippen LogP) is 2.40. The van der Waals surface area contributed by atoms with Gasteiger partial charge in [0.2, 0.25) is 0 Å². The smallest absolute Gasteiger partial charge is 0.236 e. The number of rotatable bonds is 0. The Kier molecular flexibility index (Phi) is 2.06. The molecule has 1 aliphatic carbocycles. The zero-order valence-electron chi connectivity index (χ0n) is 6.45. The minimum absolute atomic E-state index is 0.0827. The summed E-state index contributed by atoms with van der Waals surface area (Å²) >= 11 is 0. The molecule has 0 saturated heterocycles. The summed E-state index contributed by atoms with van der Waals surface area (Å²) in [6.45, 7) is 0. The molecule has 2 unspecified atom stereocenters. The third-order valence-electron chi connectivity index (χ3n) is 1.88. The summed E-state index contributed by atoms with van der Waals surface area (Å²) in [6.07, 6.45) is -3.56. The summed E-state index contributed by atoms with van der Waals surface area (Å²) in [6, 6.07) is 0.397. The van der Waals surface area contributed by atoms with Crippen molar-refractivity contribution in [2.45, 2.75) is 23.7 Å². The van der Waals surface area contributed by atoms with Crippen LogP contribution >= 0.6 is 0 Å². The topological polar surface area (TPSA) is 23.8 Å². The molecule has 0 spiro atoms. The van der Waals surface area contributed by atoms with E-state index in [0.29, 0.717) is 6.07 Å². The number of nitrogens with zero attached hydrogens (tertiary/aromatic N) is 1. The van der Waals surface area contributed by atoms with Crippen LogP contribution in [0.4, 0.5) is 26.3 Å². The number of hydrogen-bond donors (Lipinski definition) is 0. The first kappa shape index (κ1) is 10.9. The third kappa shape index (κ3) is 1.03.